The van der Waals surface area contributed by atoms with Crippen LogP contribution in [0.5, 0.6) is 0 Å². The summed E-state index contributed by atoms with van der Waals surface area (Å²) in [5.74, 6) is 0. The van der Waals surface area contributed by atoms with Crippen LogP contribution in [0.15, 0.2) is 24.3 Å². The zero-order valence-corrected chi connectivity index (χ0v) is 21.7. The summed E-state index contributed by atoms with van der Waals surface area (Å²) in [6.07, 6.45) is 7.55. The van der Waals surface area contributed by atoms with E-state index in [2.05, 4.69) is 48.4 Å². The Kier molecular flexibility index (Phi) is 16.6. The van der Waals surface area contributed by atoms with Gasteiger partial charge < -0.3 is 19.3 Å². The van der Waals surface area contributed by atoms with E-state index in [-0.39, 0.29) is 0 Å². The molecule has 0 bridgehead atoms. The Morgan fingerprint density at radius 1 is 0.647 bits per heavy atom. The van der Waals surface area contributed by atoms with Crippen LogP contribution in [-0.4, -0.2) is 75.5 Å². The van der Waals surface area contributed by atoms with Crippen molar-refractivity contribution >= 4 is 23.6 Å². The van der Waals surface area contributed by atoms with E-state index in [0.29, 0.717) is 24.6 Å². The minimum Gasteiger partial charge on any atom is -0.449 e. The fraction of sp³-hybridized carbons (Fsp3) is 0.692. The van der Waals surface area contributed by atoms with E-state index in [9.17, 15) is 9.59 Å². The van der Waals surface area contributed by atoms with E-state index in [4.69, 9.17) is 9.47 Å². The van der Waals surface area contributed by atoms with E-state index in [1.54, 1.807) is 24.3 Å². The Hall–Kier alpha value is -2.32. The summed E-state index contributed by atoms with van der Waals surface area (Å²) in [5, 5.41) is 5.40. The molecule has 194 valence electrons. The largest absolute Gasteiger partial charge is 0.449 e. The lowest BCUT2D eigenvalue weighted by Gasteiger charge is -2.15. The molecule has 0 saturated carbocycles. The Morgan fingerprint density at radius 2 is 1.00 bits per heavy atom. The molecule has 0 atom stereocenters. The van der Waals surface area contributed by atoms with Gasteiger partial charge in [-0.05, 0) is 103 Å². The molecule has 0 saturated heterocycles. The summed E-state index contributed by atoms with van der Waals surface area (Å²) < 4.78 is 10.5. The summed E-state index contributed by atoms with van der Waals surface area (Å²) in [4.78, 5) is 28.5. The molecule has 0 aromatic heterocycles. The van der Waals surface area contributed by atoms with E-state index in [1.807, 2.05) is 0 Å². The number of ether oxygens (including phenoxy) is 2. The first-order valence-corrected chi connectivity index (χ1v) is 12.8. The van der Waals surface area contributed by atoms with Crippen LogP contribution in [0.2, 0.25) is 0 Å². The summed E-state index contributed by atoms with van der Waals surface area (Å²) in [6.45, 7) is 9.42. The van der Waals surface area contributed by atoms with Crippen LogP contribution in [0.3, 0.4) is 0 Å². The third kappa shape index (κ3) is 15.5. The second kappa shape index (κ2) is 19.0. The van der Waals surface area contributed by atoms with Crippen molar-refractivity contribution in [2.75, 3.05) is 64.1 Å². The Labute approximate surface area is 206 Å². The number of carbonyl (C=O) groups is 2. The van der Waals surface area contributed by atoms with Crippen LogP contribution in [0, 0.1) is 0 Å². The molecule has 34 heavy (non-hydrogen) atoms. The second-order valence-corrected chi connectivity index (χ2v) is 8.83. The first-order chi connectivity index (χ1) is 16.4. The van der Waals surface area contributed by atoms with Crippen molar-refractivity contribution in [2.24, 2.45) is 0 Å². The van der Waals surface area contributed by atoms with Crippen molar-refractivity contribution in [1.82, 2.24) is 9.80 Å². The van der Waals surface area contributed by atoms with Crippen molar-refractivity contribution < 1.29 is 19.1 Å². The number of benzene rings is 1. The zero-order chi connectivity index (χ0) is 25.0. The lowest BCUT2D eigenvalue weighted by atomic mass is 10.3. The molecule has 0 aliphatic carbocycles. The number of rotatable bonds is 18. The molecule has 0 radical (unpaired) electrons. The molecule has 0 spiro atoms. The normalized spacial score (nSPS) is 11.0. The maximum absolute atomic E-state index is 11.9. The molecule has 1 rings (SSSR count). The average Bonchev–Trinajstić information content (AvgIpc) is 2.82. The zero-order valence-electron chi connectivity index (χ0n) is 21.7. The predicted octanol–water partition coefficient (Wildman–Crippen LogP) is 5.81. The molecule has 0 unspecified atom stereocenters. The maximum Gasteiger partial charge on any atom is 0.411 e. The number of anilines is 2. The number of hydrogen-bond donors (Lipinski definition) is 2. The fourth-order valence-corrected chi connectivity index (χ4v) is 3.32. The minimum absolute atomic E-state index is 0.397. The van der Waals surface area contributed by atoms with E-state index in [0.717, 1.165) is 51.9 Å². The van der Waals surface area contributed by atoms with Crippen LogP contribution >= 0.6 is 0 Å². The van der Waals surface area contributed by atoms with Crippen molar-refractivity contribution in [3.63, 3.8) is 0 Å². The van der Waals surface area contributed by atoms with Gasteiger partial charge in [0.1, 0.15) is 0 Å². The fourth-order valence-electron chi connectivity index (χ4n) is 3.32. The smallest absolute Gasteiger partial charge is 0.411 e. The molecule has 0 fully saturated rings. The SMILES string of the molecule is CCCCN(C)CCCCOC(=O)Nc1ccc(NC(=O)OCCCCN(C)CCCC)cc1. The molecular weight excluding hydrogens is 432 g/mol. The predicted molar refractivity (Wildman–Crippen MR) is 140 cm³/mol. The molecule has 1 aromatic carbocycles. The number of carbonyl (C=O) groups excluding carboxylic acids is 2. The van der Waals surface area contributed by atoms with Crippen molar-refractivity contribution in [3.05, 3.63) is 24.3 Å². The maximum atomic E-state index is 11.9. The molecule has 1 aromatic rings. The Balaban J connectivity index is 2.15. The monoisotopic (exact) mass is 478 g/mol. The first kappa shape index (κ1) is 29.7. The van der Waals surface area contributed by atoms with Crippen molar-refractivity contribution in [2.45, 2.75) is 65.2 Å². The Bertz CT molecular complexity index is 612. The van der Waals surface area contributed by atoms with Gasteiger partial charge in [-0.25, -0.2) is 9.59 Å². The number of nitrogens with zero attached hydrogens (tertiary/aromatic N) is 2. The van der Waals surface area contributed by atoms with Gasteiger partial charge >= 0.3 is 12.2 Å². The molecule has 0 aliphatic heterocycles. The van der Waals surface area contributed by atoms with Gasteiger partial charge in [0.25, 0.3) is 0 Å². The summed E-state index contributed by atoms with van der Waals surface area (Å²) in [7, 11) is 4.24. The van der Waals surface area contributed by atoms with Crippen LogP contribution < -0.4 is 10.6 Å². The van der Waals surface area contributed by atoms with Gasteiger partial charge in [-0.3, -0.25) is 10.6 Å². The second-order valence-electron chi connectivity index (χ2n) is 8.83. The molecule has 2 N–H and O–H groups in total. The molecule has 8 heteroatoms. The van der Waals surface area contributed by atoms with Gasteiger partial charge in [-0.2, -0.15) is 0 Å². The lowest BCUT2D eigenvalue weighted by molar-refractivity contribution is 0.156. The highest BCUT2D eigenvalue weighted by atomic mass is 16.6. The highest BCUT2D eigenvalue weighted by Crippen LogP contribution is 2.14. The van der Waals surface area contributed by atoms with Crippen molar-refractivity contribution in [3.8, 4) is 0 Å². The van der Waals surface area contributed by atoms with Gasteiger partial charge in [0.05, 0.1) is 13.2 Å². The number of amides is 2. The first-order valence-electron chi connectivity index (χ1n) is 12.8. The minimum atomic E-state index is -0.472. The highest BCUT2D eigenvalue weighted by Gasteiger charge is 2.06. The number of nitrogens with one attached hydrogen (secondary N) is 2. The summed E-state index contributed by atoms with van der Waals surface area (Å²) in [5.41, 5.74) is 1.21. The lowest BCUT2D eigenvalue weighted by Crippen LogP contribution is -2.21. The molecular formula is C26H46N4O4. The Morgan fingerprint density at radius 3 is 1.35 bits per heavy atom. The van der Waals surface area contributed by atoms with E-state index < -0.39 is 12.2 Å². The summed E-state index contributed by atoms with van der Waals surface area (Å²) >= 11 is 0. The quantitative estimate of drug-likeness (QED) is 0.259. The third-order valence-electron chi connectivity index (χ3n) is 5.50. The topological polar surface area (TPSA) is 83.1 Å². The molecule has 8 nitrogen and oxygen atoms in total. The van der Waals surface area contributed by atoms with Crippen LogP contribution in [0.25, 0.3) is 0 Å². The third-order valence-corrected chi connectivity index (χ3v) is 5.50. The van der Waals surface area contributed by atoms with Gasteiger partial charge in [0.15, 0.2) is 0 Å². The molecule has 0 aliphatic rings. The summed E-state index contributed by atoms with van der Waals surface area (Å²) in [6, 6.07) is 6.86. The standard InChI is InChI=1S/C26H46N4O4/c1-5-7-17-29(3)19-9-11-21-33-25(31)27-23-13-15-24(16-14-23)28-26(32)34-22-12-10-20-30(4)18-8-6-2/h13-16H,5-12,17-22H2,1-4H3,(H,27,31)(H,28,32). The highest BCUT2D eigenvalue weighted by molar-refractivity contribution is 5.87. The molecule has 2 amide bonds. The molecule has 0 heterocycles. The van der Waals surface area contributed by atoms with Crippen molar-refractivity contribution in [1.29, 1.82) is 0 Å². The van der Waals surface area contributed by atoms with E-state index in [1.165, 1.54) is 25.7 Å². The number of unbranched alkanes of at least 4 members (excludes halogenated alkanes) is 4. The average molecular weight is 479 g/mol. The van der Waals surface area contributed by atoms with Crippen LogP contribution in [0.1, 0.15) is 65.2 Å². The van der Waals surface area contributed by atoms with Gasteiger partial charge in [0, 0.05) is 11.4 Å². The van der Waals surface area contributed by atoms with Gasteiger partial charge in [-0.15, -0.1) is 0 Å². The van der Waals surface area contributed by atoms with Crippen LogP contribution in [0.4, 0.5) is 21.0 Å². The van der Waals surface area contributed by atoms with Gasteiger partial charge in [0.2, 0.25) is 0 Å². The van der Waals surface area contributed by atoms with Crippen LogP contribution in [-0.2, 0) is 9.47 Å². The van der Waals surface area contributed by atoms with Gasteiger partial charge in [-0.1, -0.05) is 26.7 Å². The van der Waals surface area contributed by atoms with E-state index >= 15 is 0 Å². The number of hydrogen-bond acceptors (Lipinski definition) is 6.